The lowest BCUT2D eigenvalue weighted by Crippen LogP contribution is -2.53. The molecule has 0 aromatic heterocycles. The van der Waals surface area contributed by atoms with Crippen molar-refractivity contribution < 1.29 is 34.1 Å². The zero-order chi connectivity index (χ0) is 25.8. The first kappa shape index (κ1) is 28.3. The van der Waals surface area contributed by atoms with Gasteiger partial charge in [-0.3, -0.25) is 19.7 Å². The summed E-state index contributed by atoms with van der Waals surface area (Å²) in [6, 6.07) is 7.42. The van der Waals surface area contributed by atoms with Crippen LogP contribution in [0.5, 0.6) is 0 Å². The fourth-order valence-corrected chi connectivity index (χ4v) is 4.27. The molecule has 35 heavy (non-hydrogen) atoms. The average Bonchev–Trinajstić information content (AvgIpc) is 3.55. The number of aliphatic carboxylic acids is 2. The van der Waals surface area contributed by atoms with Gasteiger partial charge in [-0.15, -0.1) is 0 Å². The Bertz CT molecular complexity index is 843. The van der Waals surface area contributed by atoms with Gasteiger partial charge in [-0.1, -0.05) is 30.3 Å². The van der Waals surface area contributed by atoms with Crippen molar-refractivity contribution >= 4 is 23.8 Å². The summed E-state index contributed by atoms with van der Waals surface area (Å²) in [5.74, 6) is -2.40. The Kier molecular flexibility index (Phi) is 11.6. The Hall–Kier alpha value is -2.98. The molecule has 4 atom stereocenters. The lowest BCUT2D eigenvalue weighted by Gasteiger charge is -2.27. The predicted molar refractivity (Wildman–Crippen MR) is 129 cm³/mol. The van der Waals surface area contributed by atoms with Crippen LogP contribution in [0.3, 0.4) is 0 Å². The highest BCUT2D eigenvalue weighted by molar-refractivity contribution is 5.88. The van der Waals surface area contributed by atoms with Crippen LogP contribution in [-0.4, -0.2) is 82.8 Å². The van der Waals surface area contributed by atoms with Gasteiger partial charge in [0, 0.05) is 6.54 Å². The number of nitrogens with zero attached hydrogens (tertiary/aromatic N) is 1. The lowest BCUT2D eigenvalue weighted by molar-refractivity contribution is -0.150. The molecule has 1 aromatic carbocycles. The zero-order valence-electron chi connectivity index (χ0n) is 20.4. The smallest absolute Gasteiger partial charge is 0.326 e. The van der Waals surface area contributed by atoms with Gasteiger partial charge in [0.05, 0.1) is 12.6 Å². The van der Waals surface area contributed by atoms with Crippen LogP contribution in [0.25, 0.3) is 0 Å². The van der Waals surface area contributed by atoms with Gasteiger partial charge in [-0.05, 0) is 64.5 Å². The highest BCUT2D eigenvalue weighted by Crippen LogP contribution is 2.19. The zero-order valence-corrected chi connectivity index (χ0v) is 20.4. The molecule has 10 heteroatoms. The van der Waals surface area contributed by atoms with Gasteiger partial charge in [-0.2, -0.15) is 0 Å². The van der Waals surface area contributed by atoms with E-state index in [9.17, 15) is 24.3 Å². The van der Waals surface area contributed by atoms with Crippen LogP contribution in [-0.2, 0) is 30.3 Å². The number of ether oxygens (including phenoxy) is 1. The van der Waals surface area contributed by atoms with E-state index in [4.69, 9.17) is 9.84 Å². The first-order valence-electron chi connectivity index (χ1n) is 12.2. The van der Waals surface area contributed by atoms with Gasteiger partial charge >= 0.3 is 17.9 Å². The second-order valence-corrected chi connectivity index (χ2v) is 8.73. The first-order valence-corrected chi connectivity index (χ1v) is 12.2. The van der Waals surface area contributed by atoms with Crippen LogP contribution in [0, 0.1) is 0 Å². The Morgan fingerprint density at radius 2 is 1.83 bits per heavy atom. The van der Waals surface area contributed by atoms with Gasteiger partial charge in [0.25, 0.3) is 0 Å². The molecular weight excluding hydrogens is 454 g/mol. The number of esters is 1. The van der Waals surface area contributed by atoms with Gasteiger partial charge < -0.3 is 25.2 Å². The van der Waals surface area contributed by atoms with E-state index in [0.717, 1.165) is 24.9 Å². The van der Waals surface area contributed by atoms with Crippen molar-refractivity contribution in [2.75, 3.05) is 19.7 Å². The number of hydrogen-bond acceptors (Lipinski definition) is 7. The SMILES string of the molecule is CCOC(=O)[C@H](CCc1ccccc1)N[C@@H](C)C(=O)N1CCC[C@H]1C(=O)O.O=C(O)[C@@H]1CCCN1. The number of carboxylic acids is 2. The summed E-state index contributed by atoms with van der Waals surface area (Å²) in [6.07, 6.45) is 4.07. The lowest BCUT2D eigenvalue weighted by atomic mass is 10.0. The van der Waals surface area contributed by atoms with Gasteiger partial charge in [0.15, 0.2) is 0 Å². The summed E-state index contributed by atoms with van der Waals surface area (Å²) in [5.41, 5.74) is 1.10. The van der Waals surface area contributed by atoms with Crippen LogP contribution >= 0.6 is 0 Å². The number of hydrogen-bond donors (Lipinski definition) is 4. The molecule has 0 spiro atoms. The van der Waals surface area contributed by atoms with Crippen LogP contribution in [0.4, 0.5) is 0 Å². The van der Waals surface area contributed by atoms with E-state index < -0.39 is 36.0 Å². The summed E-state index contributed by atoms with van der Waals surface area (Å²) in [4.78, 5) is 47.9. The number of carboxylic acid groups (broad SMARTS) is 2. The predicted octanol–water partition coefficient (Wildman–Crippen LogP) is 1.43. The van der Waals surface area contributed by atoms with Crippen molar-refractivity contribution in [3.8, 4) is 0 Å². The summed E-state index contributed by atoms with van der Waals surface area (Å²) < 4.78 is 5.14. The molecule has 10 nitrogen and oxygen atoms in total. The number of rotatable bonds is 10. The summed E-state index contributed by atoms with van der Waals surface area (Å²) in [6.45, 7) is 4.95. The minimum absolute atomic E-state index is 0.262. The van der Waals surface area contributed by atoms with Crippen molar-refractivity contribution in [2.24, 2.45) is 0 Å². The largest absolute Gasteiger partial charge is 0.480 e. The molecule has 194 valence electrons. The molecule has 0 unspecified atom stereocenters. The molecule has 1 aromatic rings. The van der Waals surface area contributed by atoms with Crippen LogP contribution in [0.1, 0.15) is 51.5 Å². The molecule has 4 N–H and O–H groups in total. The Morgan fingerprint density at radius 3 is 2.37 bits per heavy atom. The van der Waals surface area contributed by atoms with E-state index in [1.807, 2.05) is 30.3 Å². The molecule has 2 aliphatic heterocycles. The molecule has 0 aliphatic carbocycles. The Labute approximate surface area is 206 Å². The standard InChI is InChI=1S/C20H28N2O5.C5H9NO2/c1-3-27-20(26)16(12-11-15-8-5-4-6-9-15)21-14(2)18(23)22-13-7-10-17(22)19(24)25;7-5(8)4-2-1-3-6-4/h4-6,8-9,14,16-17,21H,3,7,10-13H2,1-2H3,(H,24,25);4,6H,1-3H2,(H,7,8)/t14-,16-,17-;4-/m00/s1. The summed E-state index contributed by atoms with van der Waals surface area (Å²) >= 11 is 0. The van der Waals surface area contributed by atoms with Crippen molar-refractivity contribution in [2.45, 2.75) is 76.5 Å². The van der Waals surface area contributed by atoms with Crippen LogP contribution < -0.4 is 10.6 Å². The fraction of sp³-hybridized carbons (Fsp3) is 0.600. The Balaban J connectivity index is 0.000000456. The molecule has 2 heterocycles. The van der Waals surface area contributed by atoms with E-state index in [0.29, 0.717) is 32.2 Å². The number of aryl methyl sites for hydroxylation is 1. The van der Waals surface area contributed by atoms with E-state index in [1.54, 1.807) is 13.8 Å². The number of carbonyl (C=O) groups excluding carboxylic acids is 2. The van der Waals surface area contributed by atoms with Gasteiger partial charge in [-0.25, -0.2) is 4.79 Å². The molecule has 2 aliphatic rings. The van der Waals surface area contributed by atoms with Crippen LogP contribution in [0.15, 0.2) is 30.3 Å². The minimum Gasteiger partial charge on any atom is -0.480 e. The second kappa shape index (κ2) is 14.4. The fourth-order valence-electron chi connectivity index (χ4n) is 4.27. The molecule has 0 bridgehead atoms. The minimum atomic E-state index is -0.987. The topological polar surface area (TPSA) is 145 Å². The maximum absolute atomic E-state index is 12.7. The molecule has 1 amide bonds. The van der Waals surface area contributed by atoms with Crippen molar-refractivity contribution in [3.05, 3.63) is 35.9 Å². The quantitative estimate of drug-likeness (QED) is 0.357. The third kappa shape index (κ3) is 8.95. The second-order valence-electron chi connectivity index (χ2n) is 8.73. The molecule has 0 saturated carbocycles. The maximum Gasteiger partial charge on any atom is 0.326 e. The maximum atomic E-state index is 12.7. The third-order valence-electron chi connectivity index (χ3n) is 6.14. The number of nitrogens with one attached hydrogen (secondary N) is 2. The summed E-state index contributed by atoms with van der Waals surface area (Å²) in [7, 11) is 0. The van der Waals surface area contributed by atoms with E-state index in [-0.39, 0.29) is 18.6 Å². The number of benzene rings is 1. The van der Waals surface area contributed by atoms with Crippen LogP contribution in [0.2, 0.25) is 0 Å². The average molecular weight is 492 g/mol. The molecule has 0 radical (unpaired) electrons. The number of amides is 1. The van der Waals surface area contributed by atoms with E-state index in [2.05, 4.69) is 10.6 Å². The normalized spacial score (nSPS) is 20.9. The van der Waals surface area contributed by atoms with Crippen molar-refractivity contribution in [3.63, 3.8) is 0 Å². The van der Waals surface area contributed by atoms with Crippen molar-refractivity contribution in [1.82, 2.24) is 15.5 Å². The van der Waals surface area contributed by atoms with Crippen molar-refractivity contribution in [1.29, 1.82) is 0 Å². The monoisotopic (exact) mass is 491 g/mol. The molecular formula is C25H37N3O7. The Morgan fingerprint density at radius 1 is 1.11 bits per heavy atom. The molecule has 2 fully saturated rings. The third-order valence-corrected chi connectivity index (χ3v) is 6.14. The van der Waals surface area contributed by atoms with Gasteiger partial charge in [0.1, 0.15) is 18.1 Å². The van der Waals surface area contributed by atoms with E-state index in [1.165, 1.54) is 4.90 Å². The highest BCUT2D eigenvalue weighted by atomic mass is 16.5. The van der Waals surface area contributed by atoms with Gasteiger partial charge in [0.2, 0.25) is 5.91 Å². The number of carbonyl (C=O) groups is 4. The highest BCUT2D eigenvalue weighted by Gasteiger charge is 2.37. The first-order chi connectivity index (χ1) is 16.7. The molecule has 2 saturated heterocycles. The van der Waals surface area contributed by atoms with E-state index >= 15 is 0 Å². The number of likely N-dealkylation sites (tertiary alicyclic amines) is 1. The summed E-state index contributed by atoms with van der Waals surface area (Å²) in [5, 5.41) is 23.5. The molecule has 3 rings (SSSR count).